The van der Waals surface area contributed by atoms with Gasteiger partial charge in [0.1, 0.15) is 11.4 Å². The smallest absolute Gasteiger partial charge is 0.341 e. The van der Waals surface area contributed by atoms with Crippen molar-refractivity contribution in [3.8, 4) is 0 Å². The normalized spacial score (nSPS) is 10.3. The molecule has 6 heteroatoms. The molecular formula is C13H21N3O3. The topological polar surface area (TPSA) is 77.7 Å². The number of hydrogen-bond acceptors (Lipinski definition) is 6. The van der Waals surface area contributed by atoms with Crippen LogP contribution < -0.4 is 10.6 Å². The van der Waals surface area contributed by atoms with Crippen molar-refractivity contribution in [1.29, 1.82) is 0 Å². The average Bonchev–Trinajstić information content (AvgIpc) is 2.43. The molecule has 0 amide bonds. The van der Waals surface area contributed by atoms with Gasteiger partial charge in [-0.3, -0.25) is 0 Å². The molecule has 19 heavy (non-hydrogen) atoms. The van der Waals surface area contributed by atoms with Crippen molar-refractivity contribution < 1.29 is 14.3 Å². The van der Waals surface area contributed by atoms with Crippen LogP contribution in [0.4, 0.5) is 11.5 Å². The van der Waals surface area contributed by atoms with Crippen molar-refractivity contribution in [2.75, 3.05) is 44.0 Å². The SMILES string of the molecule is CCOCCN(CC)c1ncc(N)cc1C(=O)OC. The first-order valence-electron chi connectivity index (χ1n) is 6.30. The lowest BCUT2D eigenvalue weighted by molar-refractivity contribution is 0.0601. The zero-order valence-electron chi connectivity index (χ0n) is 11.7. The Morgan fingerprint density at radius 1 is 1.47 bits per heavy atom. The van der Waals surface area contributed by atoms with E-state index in [0.29, 0.717) is 43.4 Å². The van der Waals surface area contributed by atoms with Crippen molar-refractivity contribution in [3.05, 3.63) is 17.8 Å². The van der Waals surface area contributed by atoms with E-state index < -0.39 is 5.97 Å². The first kappa shape index (κ1) is 15.2. The number of anilines is 2. The molecule has 0 saturated carbocycles. The van der Waals surface area contributed by atoms with Gasteiger partial charge >= 0.3 is 5.97 Å². The van der Waals surface area contributed by atoms with Crippen LogP contribution >= 0.6 is 0 Å². The minimum absolute atomic E-state index is 0.376. The Kier molecular flexibility index (Phi) is 6.08. The van der Waals surface area contributed by atoms with E-state index in [1.165, 1.54) is 13.3 Å². The van der Waals surface area contributed by atoms with Crippen LogP contribution in [0.25, 0.3) is 0 Å². The van der Waals surface area contributed by atoms with Gasteiger partial charge in [-0.2, -0.15) is 0 Å². The van der Waals surface area contributed by atoms with Crippen LogP contribution in [-0.2, 0) is 9.47 Å². The summed E-state index contributed by atoms with van der Waals surface area (Å²) < 4.78 is 10.1. The predicted molar refractivity (Wildman–Crippen MR) is 74.4 cm³/mol. The molecule has 2 N–H and O–H groups in total. The van der Waals surface area contributed by atoms with Crippen LogP contribution in [0.15, 0.2) is 12.3 Å². The van der Waals surface area contributed by atoms with E-state index in [1.807, 2.05) is 18.7 Å². The van der Waals surface area contributed by atoms with Crippen LogP contribution in [0.2, 0.25) is 0 Å². The fraction of sp³-hybridized carbons (Fsp3) is 0.538. The Hall–Kier alpha value is -1.82. The molecule has 0 aliphatic rings. The lowest BCUT2D eigenvalue weighted by atomic mass is 10.2. The summed E-state index contributed by atoms with van der Waals surface area (Å²) in [4.78, 5) is 18.0. The molecule has 0 fully saturated rings. The summed E-state index contributed by atoms with van der Waals surface area (Å²) in [5.41, 5.74) is 6.48. The van der Waals surface area contributed by atoms with E-state index >= 15 is 0 Å². The highest BCUT2D eigenvalue weighted by atomic mass is 16.5. The highest BCUT2D eigenvalue weighted by Crippen LogP contribution is 2.20. The zero-order chi connectivity index (χ0) is 14.3. The molecule has 1 rings (SSSR count). The van der Waals surface area contributed by atoms with Crippen molar-refractivity contribution in [3.63, 3.8) is 0 Å². The fourth-order valence-electron chi connectivity index (χ4n) is 1.72. The van der Waals surface area contributed by atoms with Crippen molar-refractivity contribution in [2.45, 2.75) is 13.8 Å². The third-order valence-corrected chi connectivity index (χ3v) is 2.68. The number of carbonyl (C=O) groups is 1. The second kappa shape index (κ2) is 7.58. The maximum Gasteiger partial charge on any atom is 0.341 e. The van der Waals surface area contributed by atoms with Gasteiger partial charge in [-0.05, 0) is 19.9 Å². The number of ether oxygens (including phenoxy) is 2. The number of likely N-dealkylation sites (N-methyl/N-ethyl adjacent to an activating group) is 1. The summed E-state index contributed by atoms with van der Waals surface area (Å²) in [5.74, 6) is 0.132. The molecule has 0 atom stereocenters. The lowest BCUT2D eigenvalue weighted by Crippen LogP contribution is -2.30. The Labute approximate surface area is 113 Å². The highest BCUT2D eigenvalue weighted by Gasteiger charge is 2.18. The average molecular weight is 267 g/mol. The third kappa shape index (κ3) is 4.10. The molecule has 0 radical (unpaired) electrons. The molecule has 1 heterocycles. The molecule has 0 aromatic carbocycles. The van der Waals surface area contributed by atoms with Gasteiger partial charge < -0.3 is 20.1 Å². The molecule has 106 valence electrons. The number of methoxy groups -OCH3 is 1. The summed E-state index contributed by atoms with van der Waals surface area (Å²) in [6.07, 6.45) is 1.53. The monoisotopic (exact) mass is 267 g/mol. The number of pyridine rings is 1. The number of carbonyl (C=O) groups excluding carboxylic acids is 1. The molecular weight excluding hydrogens is 246 g/mol. The summed E-state index contributed by atoms with van der Waals surface area (Å²) in [5, 5.41) is 0. The molecule has 0 unspecified atom stereocenters. The summed E-state index contributed by atoms with van der Waals surface area (Å²) in [7, 11) is 1.34. The van der Waals surface area contributed by atoms with E-state index in [4.69, 9.17) is 15.2 Å². The molecule has 1 aromatic rings. The maximum atomic E-state index is 11.8. The number of hydrogen-bond donors (Lipinski definition) is 1. The Morgan fingerprint density at radius 3 is 2.79 bits per heavy atom. The maximum absolute atomic E-state index is 11.8. The molecule has 0 aliphatic heterocycles. The number of esters is 1. The molecule has 0 aliphatic carbocycles. The van der Waals surface area contributed by atoms with Gasteiger partial charge in [-0.15, -0.1) is 0 Å². The summed E-state index contributed by atoms with van der Waals surface area (Å²) >= 11 is 0. The van der Waals surface area contributed by atoms with Gasteiger partial charge in [0.25, 0.3) is 0 Å². The Bertz CT molecular complexity index is 424. The van der Waals surface area contributed by atoms with E-state index in [2.05, 4.69) is 4.98 Å². The van der Waals surface area contributed by atoms with Gasteiger partial charge in [0.2, 0.25) is 0 Å². The minimum atomic E-state index is -0.440. The Morgan fingerprint density at radius 2 is 2.21 bits per heavy atom. The van der Waals surface area contributed by atoms with E-state index in [0.717, 1.165) is 0 Å². The van der Waals surface area contributed by atoms with Gasteiger partial charge in [0.15, 0.2) is 0 Å². The van der Waals surface area contributed by atoms with Gasteiger partial charge in [0.05, 0.1) is 25.6 Å². The largest absolute Gasteiger partial charge is 0.465 e. The van der Waals surface area contributed by atoms with Crippen molar-refractivity contribution in [1.82, 2.24) is 4.98 Å². The Balaban J connectivity index is 2.98. The minimum Gasteiger partial charge on any atom is -0.465 e. The summed E-state index contributed by atoms with van der Waals surface area (Å²) in [6, 6.07) is 1.58. The van der Waals surface area contributed by atoms with Crippen molar-refractivity contribution in [2.24, 2.45) is 0 Å². The summed E-state index contributed by atoms with van der Waals surface area (Å²) in [6.45, 7) is 6.55. The van der Waals surface area contributed by atoms with Crippen LogP contribution in [0.1, 0.15) is 24.2 Å². The van der Waals surface area contributed by atoms with Gasteiger partial charge in [0, 0.05) is 19.7 Å². The quantitative estimate of drug-likeness (QED) is 0.593. The standard InChI is InChI=1S/C13H21N3O3/c1-4-16(6-7-19-5-2)12-11(13(17)18-3)8-10(14)9-15-12/h8-9H,4-7,14H2,1-3H3. The molecule has 0 bridgehead atoms. The van der Waals surface area contributed by atoms with Gasteiger partial charge in [-0.1, -0.05) is 0 Å². The highest BCUT2D eigenvalue weighted by molar-refractivity contribution is 5.95. The lowest BCUT2D eigenvalue weighted by Gasteiger charge is -2.23. The molecule has 0 saturated heterocycles. The predicted octanol–water partition coefficient (Wildman–Crippen LogP) is 1.31. The van der Waals surface area contributed by atoms with E-state index in [-0.39, 0.29) is 0 Å². The third-order valence-electron chi connectivity index (χ3n) is 2.68. The van der Waals surface area contributed by atoms with Crippen LogP contribution in [0.5, 0.6) is 0 Å². The number of aromatic nitrogens is 1. The second-order valence-corrected chi connectivity index (χ2v) is 3.91. The molecule has 1 aromatic heterocycles. The second-order valence-electron chi connectivity index (χ2n) is 3.91. The first-order chi connectivity index (χ1) is 9.13. The number of rotatable bonds is 7. The van der Waals surface area contributed by atoms with Gasteiger partial charge in [-0.25, -0.2) is 9.78 Å². The first-order valence-corrected chi connectivity index (χ1v) is 6.30. The van der Waals surface area contributed by atoms with Crippen molar-refractivity contribution >= 4 is 17.5 Å². The zero-order valence-corrected chi connectivity index (χ0v) is 11.7. The molecule has 0 spiro atoms. The van der Waals surface area contributed by atoms with E-state index in [9.17, 15) is 4.79 Å². The number of nitrogen functional groups attached to an aromatic ring is 1. The number of nitrogens with zero attached hydrogens (tertiary/aromatic N) is 2. The van der Waals surface area contributed by atoms with Crippen LogP contribution in [-0.4, -0.2) is 44.4 Å². The fourth-order valence-corrected chi connectivity index (χ4v) is 1.72. The number of nitrogens with two attached hydrogens (primary N) is 1. The van der Waals surface area contributed by atoms with E-state index in [1.54, 1.807) is 6.07 Å². The molecule has 6 nitrogen and oxygen atoms in total. The van der Waals surface area contributed by atoms with Crippen LogP contribution in [0, 0.1) is 0 Å². The van der Waals surface area contributed by atoms with Crippen LogP contribution in [0.3, 0.4) is 0 Å².